The second kappa shape index (κ2) is 14.4. The Labute approximate surface area is 244 Å². The molecular weight excluding hydrogens is 535 g/mol. The van der Waals surface area contributed by atoms with Crippen LogP contribution < -0.4 is 16.0 Å². The lowest BCUT2D eigenvalue weighted by Crippen LogP contribution is -2.58. The van der Waals surface area contributed by atoms with Crippen molar-refractivity contribution in [2.75, 3.05) is 0 Å². The molecule has 4 rings (SSSR count). The number of carbonyl (C=O) groups excluding carboxylic acids is 3. The van der Waals surface area contributed by atoms with Crippen LogP contribution in [0.25, 0.3) is 10.9 Å². The highest BCUT2D eigenvalue weighted by atomic mass is 16.4. The average molecular weight is 570 g/mol. The zero-order valence-corrected chi connectivity index (χ0v) is 23.5. The molecule has 4 aromatic rings. The van der Waals surface area contributed by atoms with E-state index in [2.05, 4.69) is 30.9 Å². The summed E-state index contributed by atoms with van der Waals surface area (Å²) in [4.78, 5) is 51.5. The minimum absolute atomic E-state index is 0.0428. The Morgan fingerprint density at radius 1 is 0.881 bits per heavy atom. The smallest absolute Gasteiger partial charge is 0.426 e. The Balaban J connectivity index is 1.60. The lowest BCUT2D eigenvalue weighted by Gasteiger charge is -2.26. The highest BCUT2D eigenvalue weighted by molar-refractivity contribution is 6.43. The summed E-state index contributed by atoms with van der Waals surface area (Å²) in [6.45, 7) is 3.81. The minimum atomic E-state index is -1.77. The van der Waals surface area contributed by atoms with Gasteiger partial charge in [0.25, 0.3) is 5.91 Å². The molecule has 3 atom stereocenters. The van der Waals surface area contributed by atoms with Gasteiger partial charge in [0.05, 0.1) is 12.1 Å². The molecule has 0 saturated carbocycles. The van der Waals surface area contributed by atoms with Gasteiger partial charge >= 0.3 is 7.12 Å². The normalized spacial score (nSPS) is 13.3. The third kappa shape index (κ3) is 8.24. The van der Waals surface area contributed by atoms with Crippen molar-refractivity contribution >= 4 is 35.7 Å². The van der Waals surface area contributed by atoms with E-state index in [1.165, 1.54) is 18.6 Å². The number of para-hydroxylation sites is 1. The first-order chi connectivity index (χ1) is 20.2. The zero-order chi connectivity index (χ0) is 30.1. The number of aromatic amines is 1. The van der Waals surface area contributed by atoms with Crippen molar-refractivity contribution in [1.29, 1.82) is 0 Å². The first kappa shape index (κ1) is 30.4. The number of nitrogens with one attached hydrogen (secondary N) is 4. The van der Waals surface area contributed by atoms with Crippen LogP contribution in [-0.2, 0) is 22.4 Å². The average Bonchev–Trinajstić information content (AvgIpc) is 3.39. The SMILES string of the molecule is CC(C)C[C@H](NC(=O)[C@H](Cc1ccccc1)NC(=O)[C@H](Cc1c[nH]c2ccccc12)NC(=O)c1cnccn1)B(O)O. The van der Waals surface area contributed by atoms with Gasteiger partial charge in [-0.05, 0) is 29.5 Å². The fraction of sp³-hybridized carbons (Fsp3) is 0.300. The zero-order valence-electron chi connectivity index (χ0n) is 23.5. The summed E-state index contributed by atoms with van der Waals surface area (Å²) in [6, 6.07) is 14.6. The van der Waals surface area contributed by atoms with E-state index in [0.29, 0.717) is 6.42 Å². The largest absolute Gasteiger partial charge is 0.475 e. The van der Waals surface area contributed by atoms with Gasteiger partial charge in [-0.2, -0.15) is 0 Å². The summed E-state index contributed by atoms with van der Waals surface area (Å²) in [6.07, 6.45) is 6.51. The fourth-order valence-corrected chi connectivity index (χ4v) is 4.76. The van der Waals surface area contributed by atoms with Gasteiger partial charge in [0.15, 0.2) is 0 Å². The molecule has 0 aliphatic heterocycles. The van der Waals surface area contributed by atoms with E-state index in [1.807, 2.05) is 68.4 Å². The number of hydrogen-bond donors (Lipinski definition) is 6. The van der Waals surface area contributed by atoms with Crippen molar-refractivity contribution in [3.63, 3.8) is 0 Å². The maximum absolute atomic E-state index is 13.8. The van der Waals surface area contributed by atoms with Crippen LogP contribution in [0.15, 0.2) is 79.4 Å². The topological polar surface area (TPSA) is 169 Å². The second-order valence-corrected chi connectivity index (χ2v) is 10.6. The summed E-state index contributed by atoms with van der Waals surface area (Å²) in [5, 5.41) is 28.9. The molecule has 2 aromatic heterocycles. The fourth-order valence-electron chi connectivity index (χ4n) is 4.76. The molecule has 0 saturated heterocycles. The van der Waals surface area contributed by atoms with E-state index in [1.54, 1.807) is 6.20 Å². The van der Waals surface area contributed by atoms with Crippen LogP contribution in [0.5, 0.6) is 0 Å². The molecule has 0 radical (unpaired) electrons. The van der Waals surface area contributed by atoms with Crippen molar-refractivity contribution in [2.45, 2.75) is 51.1 Å². The van der Waals surface area contributed by atoms with Crippen molar-refractivity contribution in [3.05, 3.63) is 96.2 Å². The van der Waals surface area contributed by atoms with Crippen molar-refractivity contribution in [2.24, 2.45) is 5.92 Å². The summed E-state index contributed by atoms with van der Waals surface area (Å²) < 4.78 is 0. The number of H-pyrrole nitrogens is 1. The van der Waals surface area contributed by atoms with Gasteiger partial charge in [0.2, 0.25) is 11.8 Å². The van der Waals surface area contributed by atoms with Crippen LogP contribution in [0.2, 0.25) is 0 Å². The van der Waals surface area contributed by atoms with E-state index >= 15 is 0 Å². The molecule has 0 bridgehead atoms. The van der Waals surface area contributed by atoms with Gasteiger partial charge < -0.3 is 31.0 Å². The van der Waals surface area contributed by atoms with Crippen LogP contribution in [0.4, 0.5) is 0 Å². The maximum atomic E-state index is 13.8. The molecule has 6 N–H and O–H groups in total. The number of benzene rings is 2. The molecule has 218 valence electrons. The summed E-state index contributed by atoms with van der Waals surface area (Å²) >= 11 is 0. The van der Waals surface area contributed by atoms with Gasteiger partial charge in [0.1, 0.15) is 17.8 Å². The number of nitrogens with zero attached hydrogens (tertiary/aromatic N) is 2. The Morgan fingerprint density at radius 3 is 2.26 bits per heavy atom. The monoisotopic (exact) mass is 570 g/mol. The Hall–Kier alpha value is -4.55. The maximum Gasteiger partial charge on any atom is 0.475 e. The number of rotatable bonds is 13. The highest BCUT2D eigenvalue weighted by Gasteiger charge is 2.32. The highest BCUT2D eigenvalue weighted by Crippen LogP contribution is 2.19. The van der Waals surface area contributed by atoms with Gasteiger partial charge in [-0.3, -0.25) is 19.4 Å². The molecule has 0 unspecified atom stereocenters. The van der Waals surface area contributed by atoms with Crippen LogP contribution in [0, 0.1) is 5.92 Å². The molecule has 3 amide bonds. The second-order valence-electron chi connectivity index (χ2n) is 10.6. The predicted octanol–water partition coefficient (Wildman–Crippen LogP) is 1.57. The number of hydrogen-bond acceptors (Lipinski definition) is 7. The lowest BCUT2D eigenvalue weighted by atomic mass is 9.75. The molecule has 12 heteroatoms. The van der Waals surface area contributed by atoms with E-state index in [4.69, 9.17) is 0 Å². The predicted molar refractivity (Wildman–Crippen MR) is 159 cm³/mol. The molecule has 2 heterocycles. The Morgan fingerprint density at radius 2 is 1.57 bits per heavy atom. The van der Waals surface area contributed by atoms with Crippen molar-refractivity contribution in [1.82, 2.24) is 30.9 Å². The number of aromatic nitrogens is 3. The van der Waals surface area contributed by atoms with Gasteiger partial charge in [-0.25, -0.2) is 4.98 Å². The summed E-state index contributed by atoms with van der Waals surface area (Å²) in [5.41, 5.74) is 2.52. The van der Waals surface area contributed by atoms with Crippen LogP contribution >= 0.6 is 0 Å². The lowest BCUT2D eigenvalue weighted by molar-refractivity contribution is -0.130. The molecule has 2 aromatic carbocycles. The first-order valence-electron chi connectivity index (χ1n) is 13.8. The molecular formula is C30H35BN6O5. The van der Waals surface area contributed by atoms with Gasteiger partial charge in [-0.1, -0.05) is 62.4 Å². The molecule has 0 aliphatic carbocycles. The summed E-state index contributed by atoms with van der Waals surface area (Å²) in [5.74, 6) is -2.59. The van der Waals surface area contributed by atoms with Crippen LogP contribution in [0.1, 0.15) is 41.9 Å². The van der Waals surface area contributed by atoms with Crippen molar-refractivity contribution in [3.8, 4) is 0 Å². The molecule has 0 fully saturated rings. The minimum Gasteiger partial charge on any atom is -0.426 e. The Bertz CT molecular complexity index is 1480. The first-order valence-corrected chi connectivity index (χ1v) is 13.8. The number of fused-ring (bicyclic) bond motifs is 1. The molecule has 0 aliphatic rings. The van der Waals surface area contributed by atoms with E-state index in [-0.39, 0.29) is 24.5 Å². The van der Waals surface area contributed by atoms with E-state index in [0.717, 1.165) is 22.0 Å². The van der Waals surface area contributed by atoms with E-state index < -0.39 is 42.9 Å². The standard InChI is InChI=1S/C30H35BN6O5/c1-19(2)14-27(31(41)42)37-29(39)24(15-20-8-4-3-5-9-20)35-28(38)25(36-30(40)26-18-32-12-13-33-26)16-21-17-34-23-11-7-6-10-22(21)23/h3-13,17-19,24-25,27,34,41-42H,14-16H2,1-2H3,(H,35,38)(H,36,40)(H,37,39)/t24-,25-,27-/m0/s1. The third-order valence-electron chi connectivity index (χ3n) is 6.85. The van der Waals surface area contributed by atoms with Gasteiger partial charge in [0, 0.05) is 42.3 Å². The Kier molecular flexibility index (Phi) is 10.4. The third-order valence-corrected chi connectivity index (χ3v) is 6.85. The van der Waals surface area contributed by atoms with Gasteiger partial charge in [-0.15, -0.1) is 0 Å². The number of amides is 3. The molecule has 42 heavy (non-hydrogen) atoms. The van der Waals surface area contributed by atoms with Crippen LogP contribution in [0.3, 0.4) is 0 Å². The molecule has 0 spiro atoms. The van der Waals surface area contributed by atoms with E-state index in [9.17, 15) is 24.4 Å². The molecule has 11 nitrogen and oxygen atoms in total. The van der Waals surface area contributed by atoms with Crippen molar-refractivity contribution < 1.29 is 24.4 Å². The number of carbonyl (C=O) groups is 3. The van der Waals surface area contributed by atoms with Crippen LogP contribution in [-0.4, -0.2) is 67.9 Å². The summed E-state index contributed by atoms with van der Waals surface area (Å²) in [7, 11) is -1.77. The quantitative estimate of drug-likeness (QED) is 0.133.